The number of aliphatic hydroxyl groups excluding tert-OH is 1. The van der Waals surface area contributed by atoms with Crippen LogP contribution in [0.15, 0.2) is 24.3 Å². The average Bonchev–Trinajstić information content (AvgIpc) is 2.04. The molecule has 1 rings (SSSR count). The number of rotatable bonds is 2. The van der Waals surface area contributed by atoms with Crippen molar-refractivity contribution < 1.29 is 14.6 Å². The van der Waals surface area contributed by atoms with Crippen LogP contribution in [0.5, 0.6) is 0 Å². The first-order chi connectivity index (χ1) is 5.25. The molecular weight excluding hydrogens is 190 g/mol. The average molecular weight is 202 g/mol. The summed E-state index contributed by atoms with van der Waals surface area (Å²) in [6, 6.07) is 6.58. The minimum atomic E-state index is -2.66. The lowest BCUT2D eigenvalue weighted by molar-refractivity contribution is 0.282. The highest BCUT2D eigenvalue weighted by atomic mass is 31.1. The monoisotopic (exact) mass is 202 g/mol. The molecule has 2 N–H and O–H groups in total. The van der Waals surface area contributed by atoms with Gasteiger partial charge in [-0.3, -0.25) is 4.57 Å². The molecule has 0 radical (unpaired) electrons. The zero-order chi connectivity index (χ0) is 8.27. The predicted molar refractivity (Wildman–Crippen MR) is 53.2 cm³/mol. The predicted octanol–water partition coefficient (Wildman–Crippen LogP) is -0.913. The van der Waals surface area contributed by atoms with Crippen molar-refractivity contribution in [2.75, 3.05) is 0 Å². The highest BCUT2D eigenvalue weighted by Gasteiger charge is 2.03. The van der Waals surface area contributed by atoms with Gasteiger partial charge in [-0.15, -0.1) is 0 Å². The van der Waals surface area contributed by atoms with Gasteiger partial charge >= 0.3 is 0 Å². The van der Waals surface area contributed by atoms with Crippen molar-refractivity contribution >= 4 is 30.7 Å². The molecule has 0 bridgehead atoms. The molecule has 66 valence electrons. The van der Waals surface area contributed by atoms with E-state index in [1.165, 1.54) is 0 Å². The molecular formula is C7H12AlO3P. The number of aliphatic hydroxyl groups is 1. The molecule has 0 aliphatic carbocycles. The lowest BCUT2D eigenvalue weighted by Gasteiger charge is -2.01. The van der Waals surface area contributed by atoms with E-state index >= 15 is 0 Å². The molecule has 0 aliphatic rings. The summed E-state index contributed by atoms with van der Waals surface area (Å²) in [5.41, 5.74) is 0.527. The van der Waals surface area contributed by atoms with Crippen LogP contribution in [-0.4, -0.2) is 27.4 Å². The Kier molecular flexibility index (Phi) is 5.49. The molecule has 5 heteroatoms. The van der Waals surface area contributed by atoms with Gasteiger partial charge in [-0.25, -0.2) is 0 Å². The molecule has 0 saturated heterocycles. The topological polar surface area (TPSA) is 57.5 Å². The molecule has 0 aromatic heterocycles. The second-order valence-electron chi connectivity index (χ2n) is 2.12. The maximum Gasteiger partial charge on any atom is 0.218 e. The van der Waals surface area contributed by atoms with Crippen LogP contribution in [0.1, 0.15) is 5.56 Å². The molecule has 1 aromatic rings. The van der Waals surface area contributed by atoms with Gasteiger partial charge in [0, 0.05) is 5.30 Å². The van der Waals surface area contributed by atoms with Crippen LogP contribution >= 0.6 is 8.03 Å². The Morgan fingerprint density at radius 2 is 1.92 bits per heavy atom. The minimum Gasteiger partial charge on any atom is -0.392 e. The Bertz CT molecular complexity index is 277. The summed E-state index contributed by atoms with van der Waals surface area (Å²) in [5.74, 6) is 0. The summed E-state index contributed by atoms with van der Waals surface area (Å²) in [4.78, 5) is 8.77. The van der Waals surface area contributed by atoms with Crippen LogP contribution in [0.3, 0.4) is 0 Å². The summed E-state index contributed by atoms with van der Waals surface area (Å²) in [7, 11) is -2.66. The third-order valence-corrected chi connectivity index (χ3v) is 2.37. The van der Waals surface area contributed by atoms with Crippen molar-refractivity contribution in [3.05, 3.63) is 29.8 Å². The first-order valence-corrected chi connectivity index (χ1v) is 4.53. The van der Waals surface area contributed by atoms with E-state index in [1.807, 2.05) is 0 Å². The fourth-order valence-corrected chi connectivity index (χ4v) is 1.54. The van der Waals surface area contributed by atoms with E-state index in [0.29, 0.717) is 10.9 Å². The van der Waals surface area contributed by atoms with Gasteiger partial charge in [0.05, 0.1) is 6.61 Å². The van der Waals surface area contributed by atoms with Crippen LogP contribution in [0.25, 0.3) is 0 Å². The minimum absolute atomic E-state index is 0. The Hall–Kier alpha value is -0.0975. The van der Waals surface area contributed by atoms with Crippen LogP contribution < -0.4 is 5.30 Å². The molecule has 1 atom stereocenters. The molecule has 12 heavy (non-hydrogen) atoms. The lowest BCUT2D eigenvalue weighted by atomic mass is 10.2. The van der Waals surface area contributed by atoms with Crippen molar-refractivity contribution in [3.8, 4) is 0 Å². The normalized spacial score (nSPS) is 11.8. The van der Waals surface area contributed by atoms with E-state index in [-0.39, 0.29) is 24.0 Å². The van der Waals surface area contributed by atoms with Crippen molar-refractivity contribution in [2.24, 2.45) is 0 Å². The fourth-order valence-electron chi connectivity index (χ4n) is 0.867. The molecule has 0 amide bonds. The van der Waals surface area contributed by atoms with E-state index < -0.39 is 8.03 Å². The van der Waals surface area contributed by atoms with E-state index in [4.69, 9.17) is 10.00 Å². The largest absolute Gasteiger partial charge is 0.392 e. The molecule has 0 saturated carbocycles. The summed E-state index contributed by atoms with van der Waals surface area (Å²) in [5, 5.41) is 9.08. The fraction of sp³-hybridized carbons (Fsp3) is 0.143. The van der Waals surface area contributed by atoms with E-state index in [9.17, 15) is 4.57 Å². The standard InChI is InChI=1S/C7H9O3P.Al.3H/c8-5-6-3-1-2-4-7(6)11(9)10;;;;/h1-4,8,11H,5H2,(H,9,10);;;;. The molecule has 0 spiro atoms. The van der Waals surface area contributed by atoms with Gasteiger partial charge in [0.2, 0.25) is 8.03 Å². The van der Waals surface area contributed by atoms with Crippen molar-refractivity contribution in [1.82, 2.24) is 0 Å². The van der Waals surface area contributed by atoms with E-state index in [0.717, 1.165) is 0 Å². The molecule has 1 unspecified atom stereocenters. The zero-order valence-electron chi connectivity index (χ0n) is 5.82. The Balaban J connectivity index is 0.00000121. The smallest absolute Gasteiger partial charge is 0.218 e. The molecule has 3 nitrogen and oxygen atoms in total. The van der Waals surface area contributed by atoms with Crippen LogP contribution in [-0.2, 0) is 11.2 Å². The quantitative estimate of drug-likeness (QED) is 0.482. The van der Waals surface area contributed by atoms with E-state index in [1.54, 1.807) is 24.3 Å². The van der Waals surface area contributed by atoms with Gasteiger partial charge in [0.1, 0.15) is 0 Å². The van der Waals surface area contributed by atoms with Gasteiger partial charge < -0.3 is 10.00 Å². The van der Waals surface area contributed by atoms with Gasteiger partial charge in [0.15, 0.2) is 17.4 Å². The number of hydrogen-bond acceptors (Lipinski definition) is 2. The number of benzene rings is 1. The van der Waals surface area contributed by atoms with Gasteiger partial charge in [-0.1, -0.05) is 18.2 Å². The van der Waals surface area contributed by atoms with Gasteiger partial charge in [0.25, 0.3) is 0 Å². The second kappa shape index (κ2) is 5.53. The van der Waals surface area contributed by atoms with Gasteiger partial charge in [-0.2, -0.15) is 0 Å². The summed E-state index contributed by atoms with van der Waals surface area (Å²) in [6.45, 7) is -0.187. The van der Waals surface area contributed by atoms with Crippen molar-refractivity contribution in [1.29, 1.82) is 0 Å². The zero-order valence-corrected chi connectivity index (χ0v) is 6.82. The first kappa shape index (κ1) is 11.9. The van der Waals surface area contributed by atoms with Crippen LogP contribution in [0.4, 0.5) is 0 Å². The van der Waals surface area contributed by atoms with E-state index in [2.05, 4.69) is 0 Å². The highest BCUT2D eigenvalue weighted by Crippen LogP contribution is 2.15. The number of hydrogen-bond donors (Lipinski definition) is 2. The SMILES string of the molecule is O=[PH](O)c1ccccc1CO.[AlH3]. The van der Waals surface area contributed by atoms with Crippen LogP contribution in [0.2, 0.25) is 0 Å². The lowest BCUT2D eigenvalue weighted by Crippen LogP contribution is -2.04. The third kappa shape index (κ3) is 2.75. The molecule has 0 aliphatic heterocycles. The van der Waals surface area contributed by atoms with Crippen LogP contribution in [0, 0.1) is 0 Å². The summed E-state index contributed by atoms with van der Waals surface area (Å²) >= 11 is 0. The maximum absolute atomic E-state index is 10.7. The third-order valence-electron chi connectivity index (χ3n) is 1.42. The Morgan fingerprint density at radius 3 is 2.33 bits per heavy atom. The molecule has 1 aromatic carbocycles. The summed E-state index contributed by atoms with van der Waals surface area (Å²) in [6.07, 6.45) is 0. The van der Waals surface area contributed by atoms with Crippen molar-refractivity contribution in [2.45, 2.75) is 6.61 Å². The second-order valence-corrected chi connectivity index (χ2v) is 3.27. The Labute approximate surface area is 82.0 Å². The molecule has 0 fully saturated rings. The maximum atomic E-state index is 10.7. The highest BCUT2D eigenvalue weighted by molar-refractivity contribution is 7.47. The van der Waals surface area contributed by atoms with Crippen molar-refractivity contribution in [3.63, 3.8) is 0 Å². The summed E-state index contributed by atoms with van der Waals surface area (Å²) < 4.78 is 10.7. The first-order valence-electron chi connectivity index (χ1n) is 3.17. The molecule has 0 heterocycles. The van der Waals surface area contributed by atoms with Gasteiger partial charge in [-0.05, 0) is 11.6 Å². The Morgan fingerprint density at radius 1 is 1.33 bits per heavy atom.